The van der Waals surface area contributed by atoms with E-state index in [1.807, 2.05) is 0 Å². The van der Waals surface area contributed by atoms with Gasteiger partial charge in [0.2, 0.25) is 5.75 Å². The molecule has 156 valence electrons. The molecule has 0 saturated carbocycles. The van der Waals surface area contributed by atoms with Gasteiger partial charge in [-0.2, -0.15) is 0 Å². The molecule has 1 aromatic rings. The Hall–Kier alpha value is -2.17. The molecule has 0 aliphatic carbocycles. The summed E-state index contributed by atoms with van der Waals surface area (Å²) in [6.45, 7) is -0.545. The first-order valence-corrected chi connectivity index (χ1v) is 8.67. The summed E-state index contributed by atoms with van der Waals surface area (Å²) in [5, 5.41) is 38.8. The Labute approximate surface area is 162 Å². The Bertz CT molecular complexity index is 676. The number of rotatable bonds is 8. The quantitative estimate of drug-likeness (QED) is 0.429. The largest absolute Gasteiger partial charge is 0.493 e. The molecule has 2 rings (SSSR count). The van der Waals surface area contributed by atoms with Gasteiger partial charge in [-0.3, -0.25) is 4.79 Å². The van der Waals surface area contributed by atoms with Crippen molar-refractivity contribution < 1.29 is 44.2 Å². The molecule has 9 nitrogen and oxygen atoms in total. The first-order chi connectivity index (χ1) is 13.4. The Kier molecular flexibility index (Phi) is 7.78. The van der Waals surface area contributed by atoms with Crippen molar-refractivity contribution in [1.29, 1.82) is 0 Å². The molecule has 28 heavy (non-hydrogen) atoms. The van der Waals surface area contributed by atoms with Gasteiger partial charge in [0.05, 0.1) is 34.0 Å². The standard InChI is InChI=1S/C19H26O9/c1-25-13-6-10(7-14(26-2)19(13)27-3)4-5-11(21)8-12-16(22)18(24)17(23)15(9-20)28-12/h4-7,12,15-18,20,22-24H,8-9H2,1-3H3/b5-4+/t12-,15+,16-,17+,18+/m0/s1. The summed E-state index contributed by atoms with van der Waals surface area (Å²) in [5.74, 6) is 0.915. The highest BCUT2D eigenvalue weighted by Gasteiger charge is 2.43. The van der Waals surface area contributed by atoms with E-state index in [0.29, 0.717) is 22.8 Å². The number of ketones is 1. The minimum absolute atomic E-state index is 0.234. The van der Waals surface area contributed by atoms with E-state index < -0.39 is 37.1 Å². The average Bonchev–Trinajstić information content (AvgIpc) is 2.71. The molecule has 4 N–H and O–H groups in total. The number of allylic oxidation sites excluding steroid dienone is 1. The number of aliphatic hydroxyl groups is 4. The Morgan fingerprint density at radius 1 is 1.00 bits per heavy atom. The van der Waals surface area contributed by atoms with E-state index in [1.54, 1.807) is 12.1 Å². The SMILES string of the molecule is COc1cc(/C=C/C(=O)C[C@@H]2O[C@H](CO)[C@@H](O)[C@H](O)[C@H]2O)cc(OC)c1OC. The molecule has 1 saturated heterocycles. The number of aliphatic hydroxyl groups excluding tert-OH is 4. The summed E-state index contributed by atoms with van der Waals surface area (Å²) in [5.41, 5.74) is 0.622. The van der Waals surface area contributed by atoms with Crippen LogP contribution in [0.25, 0.3) is 6.08 Å². The van der Waals surface area contributed by atoms with Crippen molar-refractivity contribution >= 4 is 11.9 Å². The molecule has 5 atom stereocenters. The number of hydrogen-bond acceptors (Lipinski definition) is 9. The van der Waals surface area contributed by atoms with E-state index in [9.17, 15) is 25.2 Å². The lowest BCUT2D eigenvalue weighted by molar-refractivity contribution is -0.229. The van der Waals surface area contributed by atoms with Crippen molar-refractivity contribution in [2.75, 3.05) is 27.9 Å². The monoisotopic (exact) mass is 398 g/mol. The molecule has 1 aliphatic rings. The van der Waals surface area contributed by atoms with Gasteiger partial charge in [-0.05, 0) is 23.8 Å². The van der Waals surface area contributed by atoms with Crippen LogP contribution in [0.1, 0.15) is 12.0 Å². The highest BCUT2D eigenvalue weighted by molar-refractivity contribution is 5.94. The van der Waals surface area contributed by atoms with Crippen molar-refractivity contribution in [2.45, 2.75) is 36.9 Å². The molecule has 1 fully saturated rings. The predicted molar refractivity (Wildman–Crippen MR) is 98.5 cm³/mol. The molecular formula is C19H26O9. The highest BCUT2D eigenvalue weighted by atomic mass is 16.5. The van der Waals surface area contributed by atoms with Gasteiger partial charge in [0, 0.05) is 6.42 Å². The van der Waals surface area contributed by atoms with E-state index >= 15 is 0 Å². The van der Waals surface area contributed by atoms with Crippen LogP contribution in [0.15, 0.2) is 18.2 Å². The van der Waals surface area contributed by atoms with Crippen LogP contribution in [0.2, 0.25) is 0 Å². The topological polar surface area (TPSA) is 135 Å². The minimum atomic E-state index is -1.51. The highest BCUT2D eigenvalue weighted by Crippen LogP contribution is 2.38. The van der Waals surface area contributed by atoms with Crippen LogP contribution in [-0.4, -0.2) is 84.7 Å². The Morgan fingerprint density at radius 2 is 1.57 bits per heavy atom. The third-order valence-corrected chi connectivity index (χ3v) is 4.54. The van der Waals surface area contributed by atoms with Gasteiger partial charge < -0.3 is 39.4 Å². The zero-order valence-corrected chi connectivity index (χ0v) is 15.9. The molecule has 0 bridgehead atoms. The zero-order valence-electron chi connectivity index (χ0n) is 15.9. The fraction of sp³-hybridized carbons (Fsp3) is 0.526. The van der Waals surface area contributed by atoms with E-state index in [4.69, 9.17) is 18.9 Å². The van der Waals surface area contributed by atoms with Crippen molar-refractivity contribution in [3.63, 3.8) is 0 Å². The number of carbonyl (C=O) groups is 1. The van der Waals surface area contributed by atoms with Crippen LogP contribution in [0.5, 0.6) is 17.2 Å². The maximum absolute atomic E-state index is 12.3. The average molecular weight is 398 g/mol. The lowest BCUT2D eigenvalue weighted by atomic mass is 9.92. The van der Waals surface area contributed by atoms with Crippen molar-refractivity contribution in [3.8, 4) is 17.2 Å². The number of ether oxygens (including phenoxy) is 4. The maximum Gasteiger partial charge on any atom is 0.203 e. The molecule has 0 unspecified atom stereocenters. The molecule has 0 amide bonds. The van der Waals surface area contributed by atoms with Gasteiger partial charge >= 0.3 is 0 Å². The van der Waals surface area contributed by atoms with Crippen LogP contribution in [-0.2, 0) is 9.53 Å². The Balaban J connectivity index is 2.11. The molecule has 0 aromatic heterocycles. The predicted octanol–water partition coefficient (Wildman–Crippen LogP) is -0.473. The molecule has 0 radical (unpaired) electrons. The second kappa shape index (κ2) is 9.85. The van der Waals surface area contributed by atoms with Gasteiger partial charge in [-0.25, -0.2) is 0 Å². The third-order valence-electron chi connectivity index (χ3n) is 4.54. The lowest BCUT2D eigenvalue weighted by Gasteiger charge is -2.39. The summed E-state index contributed by atoms with van der Waals surface area (Å²) in [6.07, 6.45) is -3.91. The van der Waals surface area contributed by atoms with Gasteiger partial charge in [-0.15, -0.1) is 0 Å². The Morgan fingerprint density at radius 3 is 2.07 bits per heavy atom. The number of carbonyl (C=O) groups excluding carboxylic acids is 1. The van der Waals surface area contributed by atoms with Crippen molar-refractivity contribution in [2.24, 2.45) is 0 Å². The molecule has 1 heterocycles. The van der Waals surface area contributed by atoms with E-state index in [1.165, 1.54) is 33.5 Å². The van der Waals surface area contributed by atoms with Crippen LogP contribution in [0, 0.1) is 0 Å². The smallest absolute Gasteiger partial charge is 0.203 e. The second-order valence-corrected chi connectivity index (χ2v) is 6.33. The first-order valence-electron chi connectivity index (χ1n) is 8.67. The number of benzene rings is 1. The van der Waals surface area contributed by atoms with Crippen LogP contribution >= 0.6 is 0 Å². The van der Waals surface area contributed by atoms with Crippen molar-refractivity contribution in [3.05, 3.63) is 23.8 Å². The first kappa shape index (κ1) is 22.1. The van der Waals surface area contributed by atoms with Gasteiger partial charge in [0.1, 0.15) is 24.4 Å². The minimum Gasteiger partial charge on any atom is -0.493 e. The fourth-order valence-corrected chi connectivity index (χ4v) is 3.00. The van der Waals surface area contributed by atoms with E-state index in [2.05, 4.69) is 0 Å². The molecule has 1 aromatic carbocycles. The van der Waals surface area contributed by atoms with Gasteiger partial charge in [0.15, 0.2) is 17.3 Å². The van der Waals surface area contributed by atoms with Crippen LogP contribution < -0.4 is 14.2 Å². The molecule has 9 heteroatoms. The summed E-state index contributed by atoms with van der Waals surface area (Å²) < 4.78 is 21.1. The third kappa shape index (κ3) is 4.81. The van der Waals surface area contributed by atoms with Gasteiger partial charge in [0.25, 0.3) is 0 Å². The number of hydrogen-bond donors (Lipinski definition) is 4. The summed E-state index contributed by atoms with van der Waals surface area (Å²) in [6, 6.07) is 3.33. The van der Waals surface area contributed by atoms with Crippen molar-refractivity contribution in [1.82, 2.24) is 0 Å². The van der Waals surface area contributed by atoms with Crippen LogP contribution in [0.4, 0.5) is 0 Å². The van der Waals surface area contributed by atoms with E-state index in [0.717, 1.165) is 0 Å². The second-order valence-electron chi connectivity index (χ2n) is 6.33. The van der Waals surface area contributed by atoms with E-state index in [-0.39, 0.29) is 12.2 Å². The summed E-state index contributed by atoms with van der Waals surface area (Å²) in [7, 11) is 4.45. The van der Waals surface area contributed by atoms with Gasteiger partial charge in [-0.1, -0.05) is 6.08 Å². The lowest BCUT2D eigenvalue weighted by Crippen LogP contribution is -2.58. The molecular weight excluding hydrogens is 372 g/mol. The molecule has 1 aliphatic heterocycles. The summed E-state index contributed by atoms with van der Waals surface area (Å²) >= 11 is 0. The summed E-state index contributed by atoms with van der Waals surface area (Å²) in [4.78, 5) is 12.3. The fourth-order valence-electron chi connectivity index (χ4n) is 3.00. The maximum atomic E-state index is 12.3. The number of methoxy groups -OCH3 is 3. The zero-order chi connectivity index (χ0) is 20.8. The molecule has 0 spiro atoms. The van der Waals surface area contributed by atoms with Crippen LogP contribution in [0.3, 0.4) is 0 Å². The normalized spacial score (nSPS) is 27.6.